The van der Waals surface area contributed by atoms with Crippen molar-refractivity contribution < 1.29 is 9.53 Å². The van der Waals surface area contributed by atoms with E-state index in [0.717, 1.165) is 17.7 Å². The highest BCUT2D eigenvalue weighted by Crippen LogP contribution is 2.30. The van der Waals surface area contributed by atoms with E-state index in [0.29, 0.717) is 12.1 Å². The minimum atomic E-state index is -0.494. The third-order valence-corrected chi connectivity index (χ3v) is 2.72. The monoisotopic (exact) mass is 244 g/mol. The number of carbonyl (C=O) groups excluding carboxylic acids is 1. The van der Waals surface area contributed by atoms with Gasteiger partial charge in [0.25, 0.3) is 0 Å². The summed E-state index contributed by atoms with van der Waals surface area (Å²) in [5, 5.41) is 8.84. The summed E-state index contributed by atoms with van der Waals surface area (Å²) in [7, 11) is 0. The number of nitriles is 1. The SMILES string of the molecule is CC(C)(C)OC(=O)N1CCc2cc(C#N)ccc21. The van der Waals surface area contributed by atoms with Gasteiger partial charge in [-0.05, 0) is 51.0 Å². The highest BCUT2D eigenvalue weighted by molar-refractivity contribution is 5.90. The summed E-state index contributed by atoms with van der Waals surface area (Å²) in [6.45, 7) is 6.15. The maximum atomic E-state index is 12.0. The lowest BCUT2D eigenvalue weighted by Gasteiger charge is -2.24. The molecule has 0 saturated heterocycles. The van der Waals surface area contributed by atoms with Crippen LogP contribution >= 0.6 is 0 Å². The van der Waals surface area contributed by atoms with Crippen LogP contribution in [0.2, 0.25) is 0 Å². The predicted octanol–water partition coefficient (Wildman–Crippen LogP) is 2.86. The predicted molar refractivity (Wildman–Crippen MR) is 68.4 cm³/mol. The molecular formula is C14H16N2O2. The first-order valence-corrected chi connectivity index (χ1v) is 5.94. The third kappa shape index (κ3) is 2.45. The molecule has 0 saturated carbocycles. The molecule has 0 bridgehead atoms. The van der Waals surface area contributed by atoms with E-state index < -0.39 is 5.60 Å². The van der Waals surface area contributed by atoms with Crippen molar-refractivity contribution in [3.63, 3.8) is 0 Å². The molecule has 18 heavy (non-hydrogen) atoms. The number of hydrogen-bond acceptors (Lipinski definition) is 3. The van der Waals surface area contributed by atoms with Crippen LogP contribution in [0, 0.1) is 11.3 Å². The van der Waals surface area contributed by atoms with E-state index >= 15 is 0 Å². The molecule has 4 heteroatoms. The van der Waals surface area contributed by atoms with Gasteiger partial charge in [-0.15, -0.1) is 0 Å². The molecule has 0 N–H and O–H groups in total. The number of fused-ring (bicyclic) bond motifs is 1. The van der Waals surface area contributed by atoms with Crippen molar-refractivity contribution >= 4 is 11.8 Å². The second kappa shape index (κ2) is 4.34. The van der Waals surface area contributed by atoms with E-state index in [4.69, 9.17) is 10.00 Å². The van der Waals surface area contributed by atoms with Crippen molar-refractivity contribution in [1.29, 1.82) is 5.26 Å². The topological polar surface area (TPSA) is 53.3 Å². The molecule has 1 aliphatic heterocycles. The molecule has 0 fully saturated rings. The van der Waals surface area contributed by atoms with Crippen LogP contribution in [0.1, 0.15) is 31.9 Å². The van der Waals surface area contributed by atoms with Crippen molar-refractivity contribution in [3.05, 3.63) is 29.3 Å². The number of carbonyl (C=O) groups is 1. The van der Waals surface area contributed by atoms with Gasteiger partial charge in [-0.2, -0.15) is 5.26 Å². The normalized spacial score (nSPS) is 14.0. The number of hydrogen-bond donors (Lipinski definition) is 0. The van der Waals surface area contributed by atoms with Gasteiger partial charge in [-0.1, -0.05) is 0 Å². The van der Waals surface area contributed by atoms with Crippen LogP contribution in [0.5, 0.6) is 0 Å². The summed E-state index contributed by atoms with van der Waals surface area (Å²) in [5.41, 5.74) is 2.01. The molecule has 2 rings (SSSR count). The van der Waals surface area contributed by atoms with Gasteiger partial charge < -0.3 is 4.74 Å². The maximum Gasteiger partial charge on any atom is 0.414 e. The van der Waals surface area contributed by atoms with Gasteiger partial charge in [0, 0.05) is 6.54 Å². The van der Waals surface area contributed by atoms with Gasteiger partial charge in [0.1, 0.15) is 5.60 Å². The third-order valence-electron chi connectivity index (χ3n) is 2.72. The van der Waals surface area contributed by atoms with E-state index in [1.807, 2.05) is 32.9 Å². The average Bonchev–Trinajstić information content (AvgIpc) is 2.69. The molecule has 1 aliphatic rings. The zero-order chi connectivity index (χ0) is 13.3. The number of nitrogens with zero attached hydrogens (tertiary/aromatic N) is 2. The van der Waals surface area contributed by atoms with Crippen LogP contribution in [-0.4, -0.2) is 18.2 Å². The summed E-state index contributed by atoms with van der Waals surface area (Å²) >= 11 is 0. The molecule has 0 spiro atoms. The molecule has 4 nitrogen and oxygen atoms in total. The van der Waals surface area contributed by atoms with Crippen molar-refractivity contribution in [3.8, 4) is 6.07 Å². The van der Waals surface area contributed by atoms with Gasteiger partial charge in [0.05, 0.1) is 17.3 Å². The highest BCUT2D eigenvalue weighted by Gasteiger charge is 2.28. The summed E-state index contributed by atoms with van der Waals surface area (Å²) in [4.78, 5) is 13.6. The molecule has 1 amide bonds. The highest BCUT2D eigenvalue weighted by atomic mass is 16.6. The van der Waals surface area contributed by atoms with Crippen LogP contribution in [-0.2, 0) is 11.2 Å². The van der Waals surface area contributed by atoms with Crippen molar-refractivity contribution in [2.75, 3.05) is 11.4 Å². The fraction of sp³-hybridized carbons (Fsp3) is 0.429. The number of anilines is 1. The first-order valence-electron chi connectivity index (χ1n) is 5.94. The zero-order valence-corrected chi connectivity index (χ0v) is 10.9. The summed E-state index contributed by atoms with van der Waals surface area (Å²) in [6.07, 6.45) is 0.440. The molecule has 0 unspecified atom stereocenters. The molecule has 0 aromatic heterocycles. The van der Waals surface area contributed by atoms with Crippen LogP contribution < -0.4 is 4.90 Å². The minimum absolute atomic E-state index is 0.328. The van der Waals surface area contributed by atoms with E-state index in [9.17, 15) is 4.79 Å². The zero-order valence-electron chi connectivity index (χ0n) is 10.9. The molecule has 1 aromatic carbocycles. The smallest absolute Gasteiger partial charge is 0.414 e. The Hall–Kier alpha value is -2.02. The van der Waals surface area contributed by atoms with Crippen molar-refractivity contribution in [2.24, 2.45) is 0 Å². The number of amides is 1. The average molecular weight is 244 g/mol. The van der Waals surface area contributed by atoms with E-state index in [2.05, 4.69) is 6.07 Å². The van der Waals surface area contributed by atoms with Crippen LogP contribution in [0.25, 0.3) is 0 Å². The van der Waals surface area contributed by atoms with E-state index in [1.165, 1.54) is 0 Å². The fourth-order valence-corrected chi connectivity index (χ4v) is 1.98. The lowest BCUT2D eigenvalue weighted by atomic mass is 10.1. The molecular weight excluding hydrogens is 228 g/mol. The Balaban J connectivity index is 2.22. The quantitative estimate of drug-likeness (QED) is 0.705. The van der Waals surface area contributed by atoms with Crippen LogP contribution in [0.15, 0.2) is 18.2 Å². The Morgan fingerprint density at radius 1 is 1.44 bits per heavy atom. The molecule has 0 aliphatic carbocycles. The van der Waals surface area contributed by atoms with Crippen molar-refractivity contribution in [1.82, 2.24) is 0 Å². The molecule has 94 valence electrons. The summed E-state index contributed by atoms with van der Waals surface area (Å²) in [6, 6.07) is 7.47. The maximum absolute atomic E-state index is 12.0. The first-order chi connectivity index (χ1) is 8.40. The Bertz CT molecular complexity index is 524. The number of benzene rings is 1. The summed E-state index contributed by atoms with van der Waals surface area (Å²) in [5.74, 6) is 0. The fourth-order valence-electron chi connectivity index (χ4n) is 1.98. The second-order valence-corrected chi connectivity index (χ2v) is 5.34. The Labute approximate surface area is 107 Å². The Kier molecular flexibility index (Phi) is 3.00. The van der Waals surface area contributed by atoms with Crippen LogP contribution in [0.4, 0.5) is 10.5 Å². The largest absolute Gasteiger partial charge is 0.443 e. The van der Waals surface area contributed by atoms with Gasteiger partial charge in [0.15, 0.2) is 0 Å². The molecule has 0 radical (unpaired) electrons. The first kappa shape index (κ1) is 12.4. The van der Waals surface area contributed by atoms with Gasteiger partial charge in [-0.3, -0.25) is 4.90 Å². The standard InChI is InChI=1S/C14H16N2O2/c1-14(2,3)18-13(17)16-7-6-11-8-10(9-15)4-5-12(11)16/h4-5,8H,6-7H2,1-3H3. The number of ether oxygens (including phenoxy) is 1. The van der Waals surface area contributed by atoms with Gasteiger partial charge in [-0.25, -0.2) is 4.79 Å². The van der Waals surface area contributed by atoms with E-state index in [-0.39, 0.29) is 6.09 Å². The molecule has 1 heterocycles. The lowest BCUT2D eigenvalue weighted by molar-refractivity contribution is 0.0584. The Morgan fingerprint density at radius 2 is 2.17 bits per heavy atom. The van der Waals surface area contributed by atoms with Crippen molar-refractivity contribution in [2.45, 2.75) is 32.8 Å². The molecule has 0 atom stereocenters. The minimum Gasteiger partial charge on any atom is -0.443 e. The second-order valence-electron chi connectivity index (χ2n) is 5.34. The van der Waals surface area contributed by atoms with Crippen LogP contribution in [0.3, 0.4) is 0 Å². The summed E-state index contributed by atoms with van der Waals surface area (Å²) < 4.78 is 5.36. The van der Waals surface area contributed by atoms with Gasteiger partial charge in [0.2, 0.25) is 0 Å². The lowest BCUT2D eigenvalue weighted by Crippen LogP contribution is -2.35. The number of rotatable bonds is 0. The Morgan fingerprint density at radius 3 is 2.78 bits per heavy atom. The van der Waals surface area contributed by atoms with E-state index in [1.54, 1.807) is 11.0 Å². The molecule has 1 aromatic rings. The van der Waals surface area contributed by atoms with Gasteiger partial charge >= 0.3 is 6.09 Å².